The van der Waals surface area contributed by atoms with Gasteiger partial charge in [0.1, 0.15) is 5.82 Å². The minimum Gasteiger partial charge on any atom is -0.338 e. The number of carbonyl (C=O) groups is 1. The third-order valence-electron chi connectivity index (χ3n) is 5.34. The normalized spacial score (nSPS) is 17.5. The maximum absolute atomic E-state index is 13.4. The number of urea groups is 1. The van der Waals surface area contributed by atoms with Gasteiger partial charge >= 0.3 is 6.03 Å². The van der Waals surface area contributed by atoms with Crippen LogP contribution in [0.3, 0.4) is 0 Å². The van der Waals surface area contributed by atoms with Crippen LogP contribution in [0, 0.1) is 19.7 Å². The lowest BCUT2D eigenvalue weighted by atomic mass is 10.0. The lowest BCUT2D eigenvalue weighted by molar-refractivity contribution is 0.234. The van der Waals surface area contributed by atoms with E-state index in [1.54, 1.807) is 6.92 Å². The Kier molecular flexibility index (Phi) is 7.10. The van der Waals surface area contributed by atoms with E-state index in [4.69, 9.17) is 0 Å². The summed E-state index contributed by atoms with van der Waals surface area (Å²) < 4.78 is 41.3. The van der Waals surface area contributed by atoms with Crippen LogP contribution in [0.1, 0.15) is 36.8 Å². The highest BCUT2D eigenvalue weighted by Gasteiger charge is 2.34. The Bertz CT molecular complexity index is 1010. The first-order valence-corrected chi connectivity index (χ1v) is 11.6. The Morgan fingerprint density at radius 2 is 1.97 bits per heavy atom. The van der Waals surface area contributed by atoms with Gasteiger partial charge < -0.3 is 10.6 Å². The molecule has 2 aromatic carbocycles. The van der Waals surface area contributed by atoms with Crippen molar-refractivity contribution in [2.45, 2.75) is 50.5 Å². The third-order valence-corrected chi connectivity index (χ3v) is 7.45. The highest BCUT2D eigenvalue weighted by atomic mass is 32.2. The Morgan fingerprint density at radius 3 is 2.70 bits per heavy atom. The van der Waals surface area contributed by atoms with Gasteiger partial charge in [-0.05, 0) is 74.6 Å². The lowest BCUT2D eigenvalue weighted by Gasteiger charge is -2.35. The van der Waals surface area contributed by atoms with Gasteiger partial charge in [-0.25, -0.2) is 17.6 Å². The molecule has 3 rings (SSSR count). The van der Waals surface area contributed by atoms with Crippen LogP contribution in [0.25, 0.3) is 0 Å². The zero-order valence-electron chi connectivity index (χ0n) is 17.3. The highest BCUT2D eigenvalue weighted by molar-refractivity contribution is 7.89. The summed E-state index contributed by atoms with van der Waals surface area (Å²) >= 11 is 0. The first-order valence-electron chi connectivity index (χ1n) is 10.2. The number of carbonyl (C=O) groups excluding carboxylic acids is 1. The summed E-state index contributed by atoms with van der Waals surface area (Å²) in [6, 6.07) is 10.7. The van der Waals surface area contributed by atoms with Gasteiger partial charge in [0.25, 0.3) is 0 Å². The number of aryl methyl sites for hydroxylation is 2. The fourth-order valence-electron chi connectivity index (χ4n) is 3.86. The second kappa shape index (κ2) is 9.57. The predicted molar refractivity (Wildman–Crippen MR) is 115 cm³/mol. The smallest absolute Gasteiger partial charge is 0.319 e. The van der Waals surface area contributed by atoms with Gasteiger partial charge in [0.15, 0.2) is 0 Å². The molecule has 30 heavy (non-hydrogen) atoms. The number of hydrogen-bond acceptors (Lipinski definition) is 3. The molecule has 2 aromatic rings. The van der Waals surface area contributed by atoms with Crippen LogP contribution in [-0.2, 0) is 10.0 Å². The summed E-state index contributed by atoms with van der Waals surface area (Å²) in [5, 5.41) is 5.59. The van der Waals surface area contributed by atoms with E-state index >= 15 is 0 Å². The number of amides is 2. The number of hydrogen-bond donors (Lipinski definition) is 2. The number of nitrogens with one attached hydrogen (secondary N) is 2. The van der Waals surface area contributed by atoms with E-state index in [0.29, 0.717) is 30.8 Å². The second-order valence-electron chi connectivity index (χ2n) is 7.71. The number of nitrogens with zero attached hydrogens (tertiary/aromatic N) is 1. The SMILES string of the molecule is Cc1cccc(NC(=O)NCC[C@H]2CCCCN2S(=O)(=O)c2ccc(F)cc2C)c1. The van der Waals surface area contributed by atoms with Crippen molar-refractivity contribution in [1.29, 1.82) is 0 Å². The molecular weight excluding hydrogens is 405 g/mol. The first kappa shape index (κ1) is 22.2. The minimum absolute atomic E-state index is 0.140. The standard InChI is InChI=1S/C22H28FN3O3S/c1-16-6-5-7-19(14-16)25-22(27)24-12-11-20-8-3-4-13-26(20)30(28,29)21-10-9-18(23)15-17(21)2/h5-7,9-10,14-15,20H,3-4,8,11-13H2,1-2H3,(H2,24,25,27)/t20-/m1/s1. The molecule has 1 aliphatic rings. The summed E-state index contributed by atoms with van der Waals surface area (Å²) in [5.74, 6) is -0.453. The van der Waals surface area contributed by atoms with Crippen LogP contribution in [0.2, 0.25) is 0 Å². The summed E-state index contributed by atoms with van der Waals surface area (Å²) in [5.41, 5.74) is 2.16. The molecule has 1 heterocycles. The number of sulfonamides is 1. The van der Waals surface area contributed by atoms with E-state index in [1.807, 2.05) is 31.2 Å². The fourth-order valence-corrected chi connectivity index (χ4v) is 5.79. The molecule has 1 aliphatic heterocycles. The quantitative estimate of drug-likeness (QED) is 0.717. The number of halogens is 1. The Balaban J connectivity index is 1.62. The topological polar surface area (TPSA) is 78.5 Å². The fraction of sp³-hybridized carbons (Fsp3) is 0.409. The van der Waals surface area contributed by atoms with Gasteiger partial charge in [-0.15, -0.1) is 0 Å². The van der Waals surface area contributed by atoms with Gasteiger partial charge in [-0.1, -0.05) is 18.6 Å². The van der Waals surface area contributed by atoms with Crippen molar-refractivity contribution in [2.75, 3.05) is 18.4 Å². The van der Waals surface area contributed by atoms with Crippen molar-refractivity contribution in [3.63, 3.8) is 0 Å². The molecule has 2 N–H and O–H groups in total. The van der Waals surface area contributed by atoms with Crippen molar-refractivity contribution in [1.82, 2.24) is 9.62 Å². The molecule has 0 radical (unpaired) electrons. The monoisotopic (exact) mass is 433 g/mol. The van der Waals surface area contributed by atoms with Crippen molar-refractivity contribution in [3.05, 3.63) is 59.4 Å². The maximum atomic E-state index is 13.4. The zero-order chi connectivity index (χ0) is 21.7. The number of benzene rings is 2. The van der Waals surface area contributed by atoms with Gasteiger partial charge in [0.2, 0.25) is 10.0 Å². The van der Waals surface area contributed by atoms with Gasteiger partial charge in [-0.2, -0.15) is 4.31 Å². The third kappa shape index (κ3) is 5.37. The van der Waals surface area contributed by atoms with E-state index < -0.39 is 15.8 Å². The molecule has 0 unspecified atom stereocenters. The van der Waals surface area contributed by atoms with E-state index in [1.165, 1.54) is 22.5 Å². The molecule has 1 atom stereocenters. The molecule has 162 valence electrons. The summed E-state index contributed by atoms with van der Waals surface area (Å²) in [4.78, 5) is 12.3. The molecule has 6 nitrogen and oxygen atoms in total. The van der Waals surface area contributed by atoms with Crippen LogP contribution in [-0.4, -0.2) is 37.9 Å². The molecule has 0 bridgehead atoms. The molecule has 8 heteroatoms. The van der Waals surface area contributed by atoms with Gasteiger partial charge in [0, 0.05) is 24.8 Å². The van der Waals surface area contributed by atoms with Crippen molar-refractivity contribution >= 4 is 21.7 Å². The largest absolute Gasteiger partial charge is 0.338 e. The zero-order valence-corrected chi connectivity index (χ0v) is 18.1. The number of piperidine rings is 1. The molecule has 0 aromatic heterocycles. The minimum atomic E-state index is -3.72. The van der Waals surface area contributed by atoms with Crippen LogP contribution in [0.4, 0.5) is 14.9 Å². The average Bonchev–Trinajstić information content (AvgIpc) is 2.68. The Hall–Kier alpha value is -2.45. The summed E-state index contributed by atoms with van der Waals surface area (Å²) in [6.07, 6.45) is 2.98. The molecule has 0 aliphatic carbocycles. The predicted octanol–water partition coefficient (Wildman–Crippen LogP) is 4.20. The van der Waals surface area contributed by atoms with Gasteiger partial charge in [0.05, 0.1) is 4.90 Å². The summed E-state index contributed by atoms with van der Waals surface area (Å²) in [6.45, 7) is 4.34. The molecular formula is C22H28FN3O3S. The molecule has 0 saturated carbocycles. The van der Waals surface area contributed by atoms with Crippen molar-refractivity contribution < 1.29 is 17.6 Å². The van der Waals surface area contributed by atoms with Crippen molar-refractivity contribution in [2.24, 2.45) is 0 Å². The van der Waals surface area contributed by atoms with Gasteiger partial charge in [-0.3, -0.25) is 0 Å². The Morgan fingerprint density at radius 1 is 1.17 bits per heavy atom. The van der Waals surface area contributed by atoms with Crippen LogP contribution in [0.5, 0.6) is 0 Å². The molecule has 2 amide bonds. The second-order valence-corrected chi connectivity index (χ2v) is 9.57. The highest BCUT2D eigenvalue weighted by Crippen LogP contribution is 2.28. The molecule has 1 saturated heterocycles. The lowest BCUT2D eigenvalue weighted by Crippen LogP contribution is -2.45. The van der Waals surface area contributed by atoms with E-state index in [9.17, 15) is 17.6 Å². The van der Waals surface area contributed by atoms with Crippen LogP contribution < -0.4 is 10.6 Å². The van der Waals surface area contributed by atoms with Crippen molar-refractivity contribution in [3.8, 4) is 0 Å². The van der Waals surface area contributed by atoms with E-state index in [-0.39, 0.29) is 17.0 Å². The number of rotatable bonds is 6. The average molecular weight is 434 g/mol. The Labute approximate surface area is 177 Å². The number of anilines is 1. The summed E-state index contributed by atoms with van der Waals surface area (Å²) in [7, 11) is -3.72. The van der Waals surface area contributed by atoms with E-state index in [2.05, 4.69) is 10.6 Å². The first-order chi connectivity index (χ1) is 14.3. The van der Waals surface area contributed by atoms with Crippen LogP contribution in [0.15, 0.2) is 47.4 Å². The van der Waals surface area contributed by atoms with E-state index in [0.717, 1.165) is 24.8 Å². The molecule has 1 fully saturated rings. The maximum Gasteiger partial charge on any atom is 0.319 e. The molecule has 0 spiro atoms. The van der Waals surface area contributed by atoms with Crippen LogP contribution >= 0.6 is 0 Å².